The molecule has 8 nitrogen and oxygen atoms in total. The van der Waals surface area contributed by atoms with Crippen molar-refractivity contribution in [2.75, 3.05) is 34.0 Å². The number of benzene rings is 2. The Morgan fingerprint density at radius 3 is 2.50 bits per heavy atom. The average molecular weight is 439 g/mol. The van der Waals surface area contributed by atoms with E-state index in [4.69, 9.17) is 14.2 Å². The highest BCUT2D eigenvalue weighted by Crippen LogP contribution is 2.41. The van der Waals surface area contributed by atoms with Crippen LogP contribution in [-0.4, -0.2) is 60.8 Å². The van der Waals surface area contributed by atoms with Gasteiger partial charge >= 0.3 is 0 Å². The van der Waals surface area contributed by atoms with Crippen LogP contribution in [0.5, 0.6) is 17.2 Å². The fraction of sp³-hybridized carbons (Fsp3) is 0.250. The summed E-state index contributed by atoms with van der Waals surface area (Å²) in [6.45, 7) is 4.27. The first-order valence-corrected chi connectivity index (χ1v) is 9.91. The summed E-state index contributed by atoms with van der Waals surface area (Å²) in [6, 6.07) is 10.2. The number of Topliss-reactive ketones (excluding diaryl/α,β-unsaturated/α-hetero) is 1. The van der Waals surface area contributed by atoms with Gasteiger partial charge in [-0.25, -0.2) is 0 Å². The van der Waals surface area contributed by atoms with Crippen LogP contribution < -0.4 is 9.47 Å². The van der Waals surface area contributed by atoms with E-state index in [1.54, 1.807) is 36.4 Å². The Kier molecular flexibility index (Phi) is 7.17. The molecule has 1 saturated heterocycles. The van der Waals surface area contributed by atoms with E-state index in [1.165, 1.54) is 31.3 Å². The first kappa shape index (κ1) is 22.9. The first-order valence-electron chi connectivity index (χ1n) is 9.91. The van der Waals surface area contributed by atoms with E-state index >= 15 is 0 Å². The maximum absolute atomic E-state index is 12.9. The summed E-state index contributed by atoms with van der Waals surface area (Å²) in [7, 11) is 2.89. The zero-order chi connectivity index (χ0) is 23.3. The molecule has 3 rings (SSSR count). The summed E-state index contributed by atoms with van der Waals surface area (Å²) in [5.74, 6) is -1.18. The molecule has 168 valence electrons. The van der Waals surface area contributed by atoms with Gasteiger partial charge in [-0.05, 0) is 42.0 Å². The molecule has 1 aliphatic heterocycles. The Morgan fingerprint density at radius 1 is 1.16 bits per heavy atom. The lowest BCUT2D eigenvalue weighted by molar-refractivity contribution is -0.140. The smallest absolute Gasteiger partial charge is 0.295 e. The van der Waals surface area contributed by atoms with Gasteiger partial charge in [0.2, 0.25) is 0 Å². The third kappa shape index (κ3) is 4.45. The largest absolute Gasteiger partial charge is 0.507 e. The number of aromatic hydroxyl groups is 1. The first-order chi connectivity index (χ1) is 15.4. The molecule has 2 aromatic carbocycles. The number of carbonyl (C=O) groups is 2. The Bertz CT molecular complexity index is 1040. The van der Waals surface area contributed by atoms with Gasteiger partial charge in [-0.3, -0.25) is 9.59 Å². The molecule has 32 heavy (non-hydrogen) atoms. The molecule has 1 aliphatic rings. The van der Waals surface area contributed by atoms with Crippen LogP contribution in [-0.2, 0) is 14.3 Å². The highest BCUT2D eigenvalue weighted by Gasteiger charge is 2.46. The van der Waals surface area contributed by atoms with E-state index in [0.29, 0.717) is 23.5 Å². The molecule has 0 unspecified atom stereocenters. The minimum atomic E-state index is -0.878. The number of methoxy groups -OCH3 is 2. The van der Waals surface area contributed by atoms with Crippen LogP contribution in [0.25, 0.3) is 5.76 Å². The molecule has 0 aromatic heterocycles. The number of phenolic OH excluding ortho intramolecular Hbond substituents is 1. The molecular formula is C24H25NO7. The van der Waals surface area contributed by atoms with Crippen molar-refractivity contribution in [2.24, 2.45) is 0 Å². The van der Waals surface area contributed by atoms with E-state index in [0.717, 1.165) is 0 Å². The van der Waals surface area contributed by atoms with Gasteiger partial charge in [0, 0.05) is 19.2 Å². The molecule has 1 fully saturated rings. The number of nitrogens with zero attached hydrogens (tertiary/aromatic N) is 1. The number of hydrogen-bond donors (Lipinski definition) is 2. The number of aliphatic hydroxyl groups excluding tert-OH is 1. The van der Waals surface area contributed by atoms with Crippen molar-refractivity contribution in [1.29, 1.82) is 0 Å². The summed E-state index contributed by atoms with van der Waals surface area (Å²) >= 11 is 0. The molecule has 0 radical (unpaired) electrons. The Balaban J connectivity index is 2.10. The number of phenols is 1. The van der Waals surface area contributed by atoms with E-state index in [1.807, 2.05) is 0 Å². The summed E-state index contributed by atoms with van der Waals surface area (Å²) in [5.41, 5.74) is 0.803. The Labute approximate surface area is 185 Å². The fourth-order valence-corrected chi connectivity index (χ4v) is 3.53. The van der Waals surface area contributed by atoms with Crippen LogP contribution in [0, 0.1) is 0 Å². The second-order valence-corrected chi connectivity index (χ2v) is 7.04. The highest BCUT2D eigenvalue weighted by molar-refractivity contribution is 6.46. The average Bonchev–Trinajstić information content (AvgIpc) is 3.06. The molecule has 0 spiro atoms. The van der Waals surface area contributed by atoms with Gasteiger partial charge in [0.15, 0.2) is 11.5 Å². The van der Waals surface area contributed by atoms with Crippen LogP contribution >= 0.6 is 0 Å². The summed E-state index contributed by atoms with van der Waals surface area (Å²) in [4.78, 5) is 27.1. The van der Waals surface area contributed by atoms with Crippen LogP contribution in [0.15, 0.2) is 60.7 Å². The van der Waals surface area contributed by atoms with E-state index in [-0.39, 0.29) is 36.0 Å². The van der Waals surface area contributed by atoms with Gasteiger partial charge < -0.3 is 29.3 Å². The van der Waals surface area contributed by atoms with Crippen molar-refractivity contribution in [1.82, 2.24) is 4.90 Å². The van der Waals surface area contributed by atoms with E-state index < -0.39 is 17.7 Å². The third-order valence-corrected chi connectivity index (χ3v) is 5.09. The number of ether oxygens (including phenoxy) is 3. The van der Waals surface area contributed by atoms with Crippen molar-refractivity contribution in [2.45, 2.75) is 6.04 Å². The second kappa shape index (κ2) is 10.0. The molecular weight excluding hydrogens is 414 g/mol. The van der Waals surface area contributed by atoms with Crippen molar-refractivity contribution in [3.8, 4) is 17.2 Å². The molecule has 0 saturated carbocycles. The Morgan fingerprint density at radius 2 is 1.88 bits per heavy atom. The molecule has 0 aliphatic carbocycles. The molecule has 1 heterocycles. The van der Waals surface area contributed by atoms with Crippen molar-refractivity contribution < 1.29 is 34.0 Å². The van der Waals surface area contributed by atoms with E-state index in [2.05, 4.69) is 6.58 Å². The number of likely N-dealkylation sites (tertiary alicyclic amines) is 1. The zero-order valence-corrected chi connectivity index (χ0v) is 17.9. The topological polar surface area (TPSA) is 106 Å². The standard InChI is InChI=1S/C24H25NO7/c1-4-12-32-17-8-5-15(6-9-17)22(27)20-21(16-7-10-18(26)19(14-16)31-3)25(11-13-30-2)24(29)23(20)28/h4-10,14,21,26-27H,1,11-13H2,2-3H3/b22-20+/t21-/m1/s1. The van der Waals surface area contributed by atoms with Gasteiger partial charge in [-0.1, -0.05) is 18.7 Å². The maximum atomic E-state index is 12.9. The number of hydrogen-bond acceptors (Lipinski definition) is 7. The molecule has 8 heteroatoms. The molecule has 2 N–H and O–H groups in total. The summed E-state index contributed by atoms with van der Waals surface area (Å²) < 4.78 is 15.7. The predicted molar refractivity (Wildman–Crippen MR) is 118 cm³/mol. The fourth-order valence-electron chi connectivity index (χ4n) is 3.53. The minimum absolute atomic E-state index is 0.0568. The van der Waals surface area contributed by atoms with Crippen molar-refractivity contribution in [3.05, 3.63) is 71.8 Å². The number of carbonyl (C=O) groups excluding carboxylic acids is 2. The van der Waals surface area contributed by atoms with Crippen molar-refractivity contribution >= 4 is 17.4 Å². The zero-order valence-electron chi connectivity index (χ0n) is 17.9. The summed E-state index contributed by atoms with van der Waals surface area (Å²) in [6.07, 6.45) is 1.61. The third-order valence-electron chi connectivity index (χ3n) is 5.09. The number of rotatable bonds is 9. The Hall–Kier alpha value is -3.78. The molecule has 0 bridgehead atoms. The van der Waals surface area contributed by atoms with Crippen LogP contribution in [0.4, 0.5) is 0 Å². The van der Waals surface area contributed by atoms with Crippen molar-refractivity contribution in [3.63, 3.8) is 0 Å². The lowest BCUT2D eigenvalue weighted by Crippen LogP contribution is -2.32. The van der Waals surface area contributed by atoms with Crippen LogP contribution in [0.2, 0.25) is 0 Å². The predicted octanol–water partition coefficient (Wildman–Crippen LogP) is 3.03. The lowest BCUT2D eigenvalue weighted by atomic mass is 9.95. The quantitative estimate of drug-likeness (QED) is 0.268. The minimum Gasteiger partial charge on any atom is -0.507 e. The normalized spacial score (nSPS) is 17.4. The maximum Gasteiger partial charge on any atom is 0.295 e. The monoisotopic (exact) mass is 439 g/mol. The lowest BCUT2D eigenvalue weighted by Gasteiger charge is -2.25. The number of amides is 1. The van der Waals surface area contributed by atoms with Gasteiger partial charge in [-0.2, -0.15) is 0 Å². The van der Waals surface area contributed by atoms with Gasteiger partial charge in [0.25, 0.3) is 11.7 Å². The van der Waals surface area contributed by atoms with Gasteiger partial charge in [0.1, 0.15) is 18.1 Å². The molecule has 1 atom stereocenters. The van der Waals surface area contributed by atoms with Gasteiger partial charge in [0.05, 0.1) is 25.3 Å². The highest BCUT2D eigenvalue weighted by atomic mass is 16.5. The molecule has 1 amide bonds. The molecule has 2 aromatic rings. The second-order valence-electron chi connectivity index (χ2n) is 7.04. The van der Waals surface area contributed by atoms with Gasteiger partial charge in [-0.15, -0.1) is 0 Å². The summed E-state index contributed by atoms with van der Waals surface area (Å²) in [5, 5.41) is 21.0. The SMILES string of the molecule is C=CCOc1ccc(/C(O)=C2\C(=O)C(=O)N(CCOC)[C@@H]2c2ccc(O)c(OC)c2)cc1. The van der Waals surface area contributed by atoms with Crippen LogP contribution in [0.1, 0.15) is 17.2 Å². The number of aliphatic hydroxyl groups is 1. The van der Waals surface area contributed by atoms with E-state index in [9.17, 15) is 19.8 Å². The number of ketones is 1. The van der Waals surface area contributed by atoms with Crippen LogP contribution in [0.3, 0.4) is 0 Å².